The van der Waals surface area contributed by atoms with E-state index in [1.807, 2.05) is 0 Å². The lowest BCUT2D eigenvalue weighted by molar-refractivity contribution is -0.137. The maximum Gasteiger partial charge on any atom is 0.416 e. The van der Waals surface area contributed by atoms with Crippen molar-refractivity contribution in [2.75, 3.05) is 12.3 Å². The lowest BCUT2D eigenvalue weighted by atomic mass is 10.1. The molecule has 0 radical (unpaired) electrons. The van der Waals surface area contributed by atoms with Crippen molar-refractivity contribution in [3.63, 3.8) is 0 Å². The van der Waals surface area contributed by atoms with Crippen LogP contribution in [0, 0.1) is 13.8 Å². The number of hydrogen-bond acceptors (Lipinski definition) is 6. The molecule has 2 N–H and O–H groups in total. The summed E-state index contributed by atoms with van der Waals surface area (Å²) in [6, 6.07) is 6.32. The third kappa shape index (κ3) is 4.17. The molecule has 2 aromatic heterocycles. The molecule has 0 aliphatic heterocycles. The number of halogens is 3. The molecule has 0 bridgehead atoms. The van der Waals surface area contributed by atoms with Crippen molar-refractivity contribution < 1.29 is 27.5 Å². The van der Waals surface area contributed by atoms with Crippen molar-refractivity contribution in [3.05, 3.63) is 70.9 Å². The Morgan fingerprint density at radius 3 is 2.50 bits per heavy atom. The maximum absolute atomic E-state index is 13.0. The van der Waals surface area contributed by atoms with Gasteiger partial charge in [-0.2, -0.15) is 13.2 Å². The van der Waals surface area contributed by atoms with Gasteiger partial charge in [-0.05, 0) is 38.1 Å². The molecule has 0 aliphatic carbocycles. The Morgan fingerprint density at radius 1 is 1.13 bits per heavy atom. The van der Waals surface area contributed by atoms with Crippen LogP contribution >= 0.6 is 0 Å². The second-order valence-corrected chi connectivity index (χ2v) is 6.46. The Kier molecular flexibility index (Phi) is 5.59. The number of anilines is 1. The first-order valence-corrected chi connectivity index (χ1v) is 8.73. The topological polar surface area (TPSA) is 100 Å². The number of aryl methyl sites for hydroxylation is 1. The number of alkyl halides is 3. The molecule has 0 unspecified atom stereocenters. The number of nitrogens with zero attached hydrogens (tertiary/aromatic N) is 3. The molecule has 0 amide bonds. The number of rotatable bonds is 5. The fourth-order valence-corrected chi connectivity index (χ4v) is 3.05. The van der Waals surface area contributed by atoms with E-state index in [0.29, 0.717) is 11.4 Å². The smallest absolute Gasteiger partial charge is 0.416 e. The van der Waals surface area contributed by atoms with Gasteiger partial charge in [0.25, 0.3) is 0 Å². The normalized spacial score (nSPS) is 11.4. The van der Waals surface area contributed by atoms with E-state index in [2.05, 4.69) is 9.97 Å². The summed E-state index contributed by atoms with van der Waals surface area (Å²) in [5, 5.41) is 0. The van der Waals surface area contributed by atoms with Crippen LogP contribution in [0.25, 0.3) is 5.69 Å². The first-order chi connectivity index (χ1) is 14.1. The largest absolute Gasteiger partial charge is 0.452 e. The van der Waals surface area contributed by atoms with Crippen LogP contribution in [0.15, 0.2) is 42.7 Å². The lowest BCUT2D eigenvalue weighted by Crippen LogP contribution is -2.17. The van der Waals surface area contributed by atoms with Gasteiger partial charge in [0.15, 0.2) is 18.1 Å². The number of ketones is 1. The molecule has 0 atom stereocenters. The summed E-state index contributed by atoms with van der Waals surface area (Å²) in [6.45, 7) is 2.68. The third-order valence-corrected chi connectivity index (χ3v) is 4.42. The number of Topliss-reactive ketones (excluding diaryl/α,β-unsaturated/α-hetero) is 1. The molecule has 1 aromatic carbocycles. The predicted octanol–water partition coefficient (Wildman–Crippen LogP) is 3.52. The molecule has 156 valence electrons. The van der Waals surface area contributed by atoms with Gasteiger partial charge in [-0.15, -0.1) is 0 Å². The Hall–Kier alpha value is -3.69. The zero-order valence-corrected chi connectivity index (χ0v) is 16.0. The summed E-state index contributed by atoms with van der Waals surface area (Å²) in [5.74, 6) is -1.55. The molecule has 0 aliphatic rings. The first-order valence-electron chi connectivity index (χ1n) is 8.73. The standard InChI is InChI=1S/C20H17F3N4O3/c1-11-8-15(16(28)10-30-19(29)17-18(24)26-7-6-25-17)12(2)27(11)14-5-3-4-13(9-14)20(21,22)23/h3-9H,10H2,1-2H3,(H2,24,26). The highest BCUT2D eigenvalue weighted by atomic mass is 19.4. The number of carbonyl (C=O) groups excluding carboxylic acids is 2. The monoisotopic (exact) mass is 418 g/mol. The minimum Gasteiger partial charge on any atom is -0.452 e. The van der Waals surface area contributed by atoms with Gasteiger partial charge in [0, 0.05) is 35.0 Å². The Bertz CT molecular complexity index is 1120. The van der Waals surface area contributed by atoms with Gasteiger partial charge in [0.1, 0.15) is 0 Å². The summed E-state index contributed by atoms with van der Waals surface area (Å²) < 4.78 is 45.6. The molecule has 0 spiro atoms. The number of carbonyl (C=O) groups is 2. The molecule has 3 aromatic rings. The van der Waals surface area contributed by atoms with E-state index >= 15 is 0 Å². The quantitative estimate of drug-likeness (QED) is 0.503. The van der Waals surface area contributed by atoms with E-state index in [1.165, 1.54) is 35.2 Å². The van der Waals surface area contributed by atoms with E-state index < -0.39 is 30.1 Å². The van der Waals surface area contributed by atoms with Gasteiger partial charge in [0.05, 0.1) is 5.56 Å². The number of nitrogen functional groups attached to an aromatic ring is 1. The number of benzene rings is 1. The number of ether oxygens (including phenoxy) is 1. The summed E-state index contributed by atoms with van der Waals surface area (Å²) >= 11 is 0. The minimum atomic E-state index is -4.49. The van der Waals surface area contributed by atoms with Crippen molar-refractivity contribution in [2.24, 2.45) is 0 Å². The van der Waals surface area contributed by atoms with Gasteiger partial charge in [-0.3, -0.25) is 4.79 Å². The van der Waals surface area contributed by atoms with Gasteiger partial charge in [-0.1, -0.05) is 6.07 Å². The zero-order chi connectivity index (χ0) is 22.1. The lowest BCUT2D eigenvalue weighted by Gasteiger charge is -2.13. The molecule has 3 rings (SSSR count). The van der Waals surface area contributed by atoms with Crippen LogP contribution in [-0.4, -0.2) is 32.9 Å². The van der Waals surface area contributed by atoms with E-state index in [1.54, 1.807) is 13.8 Å². The molecule has 0 fully saturated rings. The minimum absolute atomic E-state index is 0.127. The Morgan fingerprint density at radius 2 is 1.83 bits per heavy atom. The number of hydrogen-bond donors (Lipinski definition) is 1. The molecule has 2 heterocycles. The molecule has 0 saturated carbocycles. The van der Waals surface area contributed by atoms with Crippen molar-refractivity contribution in [1.29, 1.82) is 0 Å². The molecular weight excluding hydrogens is 401 g/mol. The third-order valence-electron chi connectivity index (χ3n) is 4.42. The van der Waals surface area contributed by atoms with Gasteiger partial charge in [0.2, 0.25) is 5.78 Å². The highest BCUT2D eigenvalue weighted by Crippen LogP contribution is 2.31. The van der Waals surface area contributed by atoms with Gasteiger partial charge < -0.3 is 15.0 Å². The van der Waals surface area contributed by atoms with Crippen LogP contribution in [0.1, 0.15) is 37.8 Å². The highest BCUT2D eigenvalue weighted by molar-refractivity contribution is 6.01. The van der Waals surface area contributed by atoms with Crippen molar-refractivity contribution in [1.82, 2.24) is 14.5 Å². The van der Waals surface area contributed by atoms with Crippen LogP contribution in [-0.2, 0) is 10.9 Å². The Labute approximate surface area is 169 Å². The summed E-state index contributed by atoms with van der Waals surface area (Å²) in [4.78, 5) is 32.1. The SMILES string of the molecule is Cc1cc(C(=O)COC(=O)c2nccnc2N)c(C)n1-c1cccc(C(F)(F)F)c1. The first kappa shape index (κ1) is 21.0. The second-order valence-electron chi connectivity index (χ2n) is 6.46. The molecular formula is C20H17F3N4O3. The maximum atomic E-state index is 13.0. The van der Waals surface area contributed by atoms with Crippen LogP contribution in [0.2, 0.25) is 0 Å². The van der Waals surface area contributed by atoms with E-state index in [-0.39, 0.29) is 22.8 Å². The highest BCUT2D eigenvalue weighted by Gasteiger charge is 2.31. The predicted molar refractivity (Wildman–Crippen MR) is 101 cm³/mol. The average molecular weight is 418 g/mol. The zero-order valence-electron chi connectivity index (χ0n) is 16.0. The van der Waals surface area contributed by atoms with E-state index in [4.69, 9.17) is 10.5 Å². The number of nitrogens with two attached hydrogens (primary N) is 1. The molecule has 30 heavy (non-hydrogen) atoms. The molecule has 10 heteroatoms. The van der Waals surface area contributed by atoms with Crippen LogP contribution in [0.5, 0.6) is 0 Å². The van der Waals surface area contributed by atoms with E-state index in [9.17, 15) is 22.8 Å². The van der Waals surface area contributed by atoms with Crippen LogP contribution < -0.4 is 5.73 Å². The summed E-state index contributed by atoms with van der Waals surface area (Å²) in [5.41, 5.74) is 6.02. The Balaban J connectivity index is 1.83. The van der Waals surface area contributed by atoms with Crippen LogP contribution in [0.4, 0.5) is 19.0 Å². The average Bonchev–Trinajstić information content (AvgIpc) is 3.00. The van der Waals surface area contributed by atoms with Gasteiger partial charge >= 0.3 is 12.1 Å². The van der Waals surface area contributed by atoms with Crippen molar-refractivity contribution in [2.45, 2.75) is 20.0 Å². The van der Waals surface area contributed by atoms with Crippen molar-refractivity contribution in [3.8, 4) is 5.69 Å². The van der Waals surface area contributed by atoms with E-state index in [0.717, 1.165) is 12.1 Å². The molecule has 0 saturated heterocycles. The summed E-state index contributed by atoms with van der Waals surface area (Å²) in [7, 11) is 0. The fourth-order valence-electron chi connectivity index (χ4n) is 3.05. The number of aromatic nitrogens is 3. The fraction of sp³-hybridized carbons (Fsp3) is 0.200. The molecule has 7 nitrogen and oxygen atoms in total. The van der Waals surface area contributed by atoms with Gasteiger partial charge in [-0.25, -0.2) is 14.8 Å². The summed E-state index contributed by atoms with van der Waals surface area (Å²) in [6.07, 6.45) is -1.92. The van der Waals surface area contributed by atoms with Crippen molar-refractivity contribution >= 4 is 17.6 Å². The number of esters is 1. The second kappa shape index (κ2) is 7.97. The van der Waals surface area contributed by atoms with Crippen LogP contribution in [0.3, 0.4) is 0 Å².